The van der Waals surface area contributed by atoms with Crippen molar-refractivity contribution in [1.82, 2.24) is 15.1 Å². The van der Waals surface area contributed by atoms with Crippen molar-refractivity contribution >= 4 is 17.5 Å². The molecule has 216 valence electrons. The summed E-state index contributed by atoms with van der Waals surface area (Å²) in [5, 5.41) is 7.43. The van der Waals surface area contributed by atoms with Crippen LogP contribution in [0.2, 0.25) is 0 Å². The smallest absolute Gasteiger partial charge is 0.243 e. The number of likely N-dealkylation sites (N-methyl/N-ethyl adjacent to an activating group) is 1. The van der Waals surface area contributed by atoms with E-state index in [0.29, 0.717) is 18.7 Å². The highest BCUT2D eigenvalue weighted by molar-refractivity contribution is 6.02. The Morgan fingerprint density at radius 1 is 0.951 bits per heavy atom. The summed E-state index contributed by atoms with van der Waals surface area (Å²) in [6.45, 7) is 7.80. The monoisotopic (exact) mass is 556 g/mol. The van der Waals surface area contributed by atoms with E-state index in [-0.39, 0.29) is 25.0 Å². The summed E-state index contributed by atoms with van der Waals surface area (Å²) in [5.41, 5.74) is 3.37. The molecular weight excluding hydrogens is 516 g/mol. The van der Waals surface area contributed by atoms with Crippen molar-refractivity contribution < 1.29 is 19.2 Å². The number of amides is 2. The number of rotatable bonds is 13. The van der Waals surface area contributed by atoms with Crippen molar-refractivity contribution in [2.45, 2.75) is 38.8 Å². The second-order valence-corrected chi connectivity index (χ2v) is 10.0. The molecule has 1 aliphatic rings. The van der Waals surface area contributed by atoms with Crippen LogP contribution in [0.25, 0.3) is 0 Å². The van der Waals surface area contributed by atoms with Gasteiger partial charge < -0.3 is 24.7 Å². The van der Waals surface area contributed by atoms with E-state index in [4.69, 9.17) is 9.57 Å². The van der Waals surface area contributed by atoms with E-state index in [9.17, 15) is 9.59 Å². The lowest BCUT2D eigenvalue weighted by Gasteiger charge is -2.28. The first kappa shape index (κ1) is 29.8. The summed E-state index contributed by atoms with van der Waals surface area (Å²) < 4.78 is 5.21. The lowest BCUT2D eigenvalue weighted by atomic mass is 9.90. The minimum absolute atomic E-state index is 0.133. The highest BCUT2D eigenvalue weighted by Gasteiger charge is 2.41. The molecule has 0 spiro atoms. The number of oxime groups is 1. The number of nitrogens with one attached hydrogen (secondary N) is 1. The first-order valence-electron chi connectivity index (χ1n) is 14.2. The van der Waals surface area contributed by atoms with Crippen LogP contribution in [-0.4, -0.2) is 73.2 Å². The van der Waals surface area contributed by atoms with Gasteiger partial charge in [-0.2, -0.15) is 0 Å². The van der Waals surface area contributed by atoms with Gasteiger partial charge in [-0.1, -0.05) is 91.8 Å². The number of carbonyl (C=O) groups is 2. The first-order valence-corrected chi connectivity index (χ1v) is 14.2. The molecule has 3 aromatic rings. The van der Waals surface area contributed by atoms with Gasteiger partial charge in [-0.25, -0.2) is 0 Å². The number of ether oxygens (including phenoxy) is 1. The SMILES string of the molecule is CCN(CC)CCNC(=O)[C@@H]1CC(=NOCc2ccc(OC)cc2)CN1C(=O)C(c1ccccc1)c1ccccc1. The van der Waals surface area contributed by atoms with Gasteiger partial charge in [0.15, 0.2) is 0 Å². The fourth-order valence-corrected chi connectivity index (χ4v) is 5.09. The van der Waals surface area contributed by atoms with Crippen molar-refractivity contribution in [2.75, 3.05) is 39.8 Å². The van der Waals surface area contributed by atoms with Gasteiger partial charge in [0.25, 0.3) is 0 Å². The summed E-state index contributed by atoms with van der Waals surface area (Å²) in [4.78, 5) is 37.3. The largest absolute Gasteiger partial charge is 0.497 e. The minimum Gasteiger partial charge on any atom is -0.497 e. The topological polar surface area (TPSA) is 83.5 Å². The number of hydrogen-bond acceptors (Lipinski definition) is 6. The maximum absolute atomic E-state index is 14.3. The minimum atomic E-state index is -0.669. The van der Waals surface area contributed by atoms with E-state index in [1.165, 1.54) is 0 Å². The van der Waals surface area contributed by atoms with Gasteiger partial charge >= 0.3 is 0 Å². The first-order chi connectivity index (χ1) is 20.0. The Hall–Kier alpha value is -4.17. The van der Waals surface area contributed by atoms with Gasteiger partial charge in [0.2, 0.25) is 11.8 Å². The van der Waals surface area contributed by atoms with Crippen molar-refractivity contribution in [1.29, 1.82) is 0 Å². The van der Waals surface area contributed by atoms with Crippen LogP contribution in [0, 0.1) is 0 Å². The van der Waals surface area contributed by atoms with Gasteiger partial charge in [0, 0.05) is 19.5 Å². The van der Waals surface area contributed by atoms with Crippen LogP contribution in [0.15, 0.2) is 90.1 Å². The zero-order valence-corrected chi connectivity index (χ0v) is 24.2. The molecule has 1 fully saturated rings. The molecule has 3 aromatic carbocycles. The van der Waals surface area contributed by atoms with Crippen LogP contribution >= 0.6 is 0 Å². The summed E-state index contributed by atoms with van der Waals surface area (Å²) in [7, 11) is 1.63. The molecule has 0 saturated carbocycles. The second-order valence-electron chi connectivity index (χ2n) is 10.0. The summed E-state index contributed by atoms with van der Waals surface area (Å²) in [6, 6.07) is 26.3. The number of carbonyl (C=O) groups excluding carboxylic acids is 2. The molecule has 2 amide bonds. The van der Waals surface area contributed by atoms with Crippen molar-refractivity contribution in [3.63, 3.8) is 0 Å². The molecule has 1 atom stereocenters. The van der Waals surface area contributed by atoms with Crippen molar-refractivity contribution in [2.24, 2.45) is 5.16 Å². The number of hydrogen-bond donors (Lipinski definition) is 1. The Bertz CT molecular complexity index is 1240. The molecule has 0 radical (unpaired) electrons. The molecule has 1 aliphatic heterocycles. The maximum Gasteiger partial charge on any atom is 0.243 e. The van der Waals surface area contributed by atoms with Crippen LogP contribution in [0.5, 0.6) is 5.75 Å². The molecule has 1 N–H and O–H groups in total. The van der Waals surface area contributed by atoms with E-state index in [2.05, 4.69) is 29.2 Å². The fraction of sp³-hybridized carbons (Fsp3) is 0.364. The molecule has 8 nitrogen and oxygen atoms in total. The predicted octanol–water partition coefficient (Wildman–Crippen LogP) is 4.46. The molecule has 0 bridgehead atoms. The maximum atomic E-state index is 14.3. The highest BCUT2D eigenvalue weighted by Crippen LogP contribution is 2.30. The highest BCUT2D eigenvalue weighted by atomic mass is 16.6. The van der Waals surface area contributed by atoms with Crippen LogP contribution < -0.4 is 10.1 Å². The molecule has 0 aliphatic carbocycles. The van der Waals surface area contributed by atoms with Crippen LogP contribution in [0.1, 0.15) is 42.9 Å². The van der Waals surface area contributed by atoms with Crippen molar-refractivity contribution in [3.05, 3.63) is 102 Å². The quantitative estimate of drug-likeness (QED) is 0.315. The van der Waals surface area contributed by atoms with E-state index >= 15 is 0 Å². The second kappa shape index (κ2) is 15.0. The number of nitrogens with zero attached hydrogens (tertiary/aromatic N) is 3. The summed E-state index contributed by atoms with van der Waals surface area (Å²) in [6.07, 6.45) is 0.321. The average molecular weight is 557 g/mol. The standard InChI is InChI=1S/C33H40N4O4/c1-4-36(5-2)21-20-34-32(38)30-22-28(35-41-24-25-16-18-29(40-3)19-17-25)23-37(30)33(39)31(26-12-8-6-9-13-26)27-14-10-7-11-15-27/h6-19,30-31H,4-5,20-24H2,1-3H3,(H,34,38)/t30-/m0/s1. The molecular formula is C33H40N4O4. The third-order valence-corrected chi connectivity index (χ3v) is 7.46. The van der Waals surface area contributed by atoms with E-state index in [0.717, 1.165) is 42.1 Å². The lowest BCUT2D eigenvalue weighted by Crippen LogP contribution is -2.48. The van der Waals surface area contributed by atoms with E-state index in [1.807, 2.05) is 84.9 Å². The molecule has 8 heteroatoms. The third-order valence-electron chi connectivity index (χ3n) is 7.46. The number of likely N-dealkylation sites (tertiary alicyclic amines) is 1. The molecule has 0 aromatic heterocycles. The van der Waals surface area contributed by atoms with Gasteiger partial charge in [-0.15, -0.1) is 0 Å². The molecule has 1 heterocycles. The zero-order valence-electron chi connectivity index (χ0n) is 24.2. The summed E-state index contributed by atoms with van der Waals surface area (Å²) in [5.74, 6) is -0.0773. The molecule has 1 saturated heterocycles. The van der Waals surface area contributed by atoms with E-state index in [1.54, 1.807) is 12.0 Å². The lowest BCUT2D eigenvalue weighted by molar-refractivity contribution is -0.138. The van der Waals surface area contributed by atoms with Crippen molar-refractivity contribution in [3.8, 4) is 5.75 Å². The number of methoxy groups -OCH3 is 1. The Labute approximate surface area is 242 Å². The zero-order chi connectivity index (χ0) is 29.0. The molecule has 0 unspecified atom stereocenters. The Morgan fingerprint density at radius 3 is 2.12 bits per heavy atom. The summed E-state index contributed by atoms with van der Waals surface area (Å²) >= 11 is 0. The third kappa shape index (κ3) is 7.95. The van der Waals surface area contributed by atoms with Crippen LogP contribution in [0.3, 0.4) is 0 Å². The molecule has 4 rings (SSSR count). The van der Waals surface area contributed by atoms with Gasteiger partial charge in [-0.05, 0) is 41.9 Å². The van der Waals surface area contributed by atoms with E-state index < -0.39 is 12.0 Å². The van der Waals surface area contributed by atoms with Gasteiger partial charge in [-0.3, -0.25) is 9.59 Å². The normalized spacial score (nSPS) is 15.9. The fourth-order valence-electron chi connectivity index (χ4n) is 5.09. The van der Waals surface area contributed by atoms with Gasteiger partial charge in [0.1, 0.15) is 18.4 Å². The average Bonchev–Trinajstić information content (AvgIpc) is 3.45. The Balaban J connectivity index is 1.55. The Kier molecular flexibility index (Phi) is 10.9. The van der Waals surface area contributed by atoms with Crippen LogP contribution in [0.4, 0.5) is 0 Å². The molecule has 41 heavy (non-hydrogen) atoms. The van der Waals surface area contributed by atoms with Gasteiger partial charge in [0.05, 0.1) is 25.3 Å². The Morgan fingerprint density at radius 2 is 1.56 bits per heavy atom. The van der Waals surface area contributed by atoms with Crippen LogP contribution in [-0.2, 0) is 21.0 Å². The predicted molar refractivity (Wildman–Crippen MR) is 161 cm³/mol. The number of benzene rings is 3.